The Bertz CT molecular complexity index is 1400. The van der Waals surface area contributed by atoms with Crippen LogP contribution in [-0.4, -0.2) is 79.4 Å². The second-order valence-corrected chi connectivity index (χ2v) is 12.6. The van der Waals surface area contributed by atoms with E-state index in [9.17, 15) is 0 Å². The molecule has 4 aromatic rings. The molecule has 2 aromatic heterocycles. The first kappa shape index (κ1) is 30.5. The van der Waals surface area contributed by atoms with Crippen molar-refractivity contribution in [3.63, 3.8) is 0 Å². The van der Waals surface area contributed by atoms with Gasteiger partial charge in [0.1, 0.15) is 11.5 Å². The lowest BCUT2D eigenvalue weighted by atomic mass is 10.2. The Hall–Kier alpha value is -2.94. The van der Waals surface area contributed by atoms with Gasteiger partial charge >= 0.3 is 0 Å². The van der Waals surface area contributed by atoms with Gasteiger partial charge in [-0.1, -0.05) is 71.3 Å². The summed E-state index contributed by atoms with van der Waals surface area (Å²) in [6.45, 7) is 1.15. The molecule has 2 aromatic carbocycles. The van der Waals surface area contributed by atoms with Crippen LogP contribution in [0.4, 0.5) is 0 Å². The van der Waals surface area contributed by atoms with Crippen molar-refractivity contribution >= 4 is 59.5 Å². The molecule has 1 aliphatic rings. The number of rotatable bonds is 2. The van der Waals surface area contributed by atoms with Gasteiger partial charge in [0.05, 0.1) is 25.6 Å². The fraction of sp³-hybridized carbons (Fsp3) is 0.357. The lowest BCUT2D eigenvalue weighted by Crippen LogP contribution is -2.05. The predicted molar refractivity (Wildman–Crippen MR) is 173 cm³/mol. The standard InChI is InChI=1S/C28H32N8O2S4/c1-39-25-31-33-27-35(25)29-19-21-11-3-5-13-23(21)37-15-7-8-16-38-24-14-6-4-12-22(24)20-30-36-26(40-2)32-34-28(36)42-18-10-9-17-41-27/h3-6,11-14,19-20H,7-10,15-18H2,1-2H3/b29-19-,30-20+. The number of ether oxygens (including phenoxy) is 2. The van der Waals surface area contributed by atoms with Gasteiger partial charge in [0.2, 0.25) is 20.6 Å². The largest absolute Gasteiger partial charge is 0.493 e. The number of fused-ring (bicyclic) bond motifs is 4. The zero-order chi connectivity index (χ0) is 29.0. The van der Waals surface area contributed by atoms with Gasteiger partial charge in [-0.05, 0) is 62.5 Å². The predicted octanol–water partition coefficient (Wildman–Crippen LogP) is 6.29. The molecule has 0 radical (unpaired) electrons. The van der Waals surface area contributed by atoms with Crippen molar-refractivity contribution in [2.45, 2.75) is 46.3 Å². The highest BCUT2D eigenvalue weighted by Crippen LogP contribution is 2.26. The number of thioether (sulfide) groups is 4. The SMILES string of the molecule is CSc1nnc2n1/N=C\c1ccccc1OCCCCOc1ccccc1/C=N/n1c(SC)nnc1SCCCCS2. The van der Waals surface area contributed by atoms with E-state index >= 15 is 0 Å². The molecule has 220 valence electrons. The summed E-state index contributed by atoms with van der Waals surface area (Å²) in [4.78, 5) is 0. The van der Waals surface area contributed by atoms with E-state index in [2.05, 4.69) is 20.4 Å². The molecule has 0 amide bonds. The van der Waals surface area contributed by atoms with Crippen molar-refractivity contribution in [1.82, 2.24) is 29.7 Å². The van der Waals surface area contributed by atoms with Crippen molar-refractivity contribution in [3.8, 4) is 11.5 Å². The Labute approximate surface area is 262 Å². The lowest BCUT2D eigenvalue weighted by molar-refractivity contribution is 0.266. The van der Waals surface area contributed by atoms with Gasteiger partial charge in [0.25, 0.3) is 0 Å². The highest BCUT2D eigenvalue weighted by Gasteiger charge is 2.14. The third-order valence-electron chi connectivity index (χ3n) is 6.05. The minimum atomic E-state index is 0.576. The van der Waals surface area contributed by atoms with Gasteiger partial charge in [-0.15, -0.1) is 20.4 Å². The number of hydrogen-bond donors (Lipinski definition) is 0. The molecule has 0 spiro atoms. The molecule has 10 nitrogen and oxygen atoms in total. The van der Waals surface area contributed by atoms with Crippen LogP contribution in [0.25, 0.3) is 0 Å². The number of nitrogens with zero attached hydrogens (tertiary/aromatic N) is 8. The molecule has 0 unspecified atom stereocenters. The molecule has 0 bridgehead atoms. The third kappa shape index (κ3) is 8.12. The quantitative estimate of drug-likeness (QED) is 0.232. The van der Waals surface area contributed by atoms with E-state index in [1.807, 2.05) is 73.5 Å². The molecular formula is C28H32N8O2S4. The Morgan fingerprint density at radius 2 is 1.07 bits per heavy atom. The second-order valence-electron chi connectivity index (χ2n) is 8.94. The van der Waals surface area contributed by atoms with Crippen LogP contribution in [0.1, 0.15) is 36.8 Å². The average molecular weight is 641 g/mol. The monoisotopic (exact) mass is 640 g/mol. The second kappa shape index (κ2) is 16.1. The zero-order valence-corrected chi connectivity index (χ0v) is 26.7. The maximum Gasteiger partial charge on any atom is 0.212 e. The average Bonchev–Trinajstić information content (AvgIpc) is 3.61. The topological polar surface area (TPSA) is 105 Å². The summed E-state index contributed by atoms with van der Waals surface area (Å²) in [5.74, 6) is 3.39. The summed E-state index contributed by atoms with van der Waals surface area (Å²) < 4.78 is 15.9. The molecule has 1 aliphatic heterocycles. The first-order valence-corrected chi connectivity index (χ1v) is 18.0. The summed E-state index contributed by atoms with van der Waals surface area (Å²) in [5.41, 5.74) is 1.81. The molecule has 5 rings (SSSR count). The normalized spacial score (nSPS) is 16.8. The van der Waals surface area contributed by atoms with E-state index in [0.29, 0.717) is 13.2 Å². The summed E-state index contributed by atoms with van der Waals surface area (Å²) in [7, 11) is 0. The van der Waals surface area contributed by atoms with E-state index in [4.69, 9.17) is 19.7 Å². The van der Waals surface area contributed by atoms with E-state index in [-0.39, 0.29) is 0 Å². The smallest absolute Gasteiger partial charge is 0.212 e. The summed E-state index contributed by atoms with van der Waals surface area (Å²) in [5, 5.41) is 29.9. The summed E-state index contributed by atoms with van der Waals surface area (Å²) >= 11 is 6.36. The van der Waals surface area contributed by atoms with Crippen LogP contribution in [-0.2, 0) is 0 Å². The first-order chi connectivity index (χ1) is 20.8. The molecule has 0 saturated heterocycles. The molecule has 42 heavy (non-hydrogen) atoms. The van der Waals surface area contributed by atoms with Gasteiger partial charge in [0.15, 0.2) is 0 Å². The molecule has 0 saturated carbocycles. The van der Waals surface area contributed by atoms with Crippen molar-refractivity contribution < 1.29 is 9.47 Å². The summed E-state index contributed by atoms with van der Waals surface area (Å²) in [6, 6.07) is 15.9. The molecular weight excluding hydrogens is 609 g/mol. The minimum absolute atomic E-state index is 0.576. The molecule has 3 heterocycles. The number of para-hydroxylation sites is 2. The lowest BCUT2D eigenvalue weighted by Gasteiger charge is -2.11. The van der Waals surface area contributed by atoms with Crippen molar-refractivity contribution in [3.05, 3.63) is 59.7 Å². The molecule has 0 aliphatic carbocycles. The maximum absolute atomic E-state index is 6.13. The van der Waals surface area contributed by atoms with Crippen molar-refractivity contribution in [2.24, 2.45) is 10.2 Å². The van der Waals surface area contributed by atoms with Gasteiger partial charge in [0, 0.05) is 22.6 Å². The van der Waals surface area contributed by atoms with E-state index in [0.717, 1.165) is 80.4 Å². The van der Waals surface area contributed by atoms with Crippen molar-refractivity contribution in [1.29, 1.82) is 0 Å². The minimum Gasteiger partial charge on any atom is -0.493 e. The van der Waals surface area contributed by atoms with E-state index in [1.165, 1.54) is 23.5 Å². The molecule has 0 atom stereocenters. The van der Waals surface area contributed by atoms with Crippen LogP contribution >= 0.6 is 47.0 Å². The number of aromatic nitrogens is 6. The third-order valence-corrected chi connectivity index (χ3v) is 9.30. The van der Waals surface area contributed by atoms with Crippen LogP contribution < -0.4 is 9.47 Å². The van der Waals surface area contributed by atoms with Crippen LogP contribution in [0, 0.1) is 0 Å². The van der Waals surface area contributed by atoms with Crippen LogP contribution in [0.2, 0.25) is 0 Å². The van der Waals surface area contributed by atoms with Gasteiger partial charge < -0.3 is 9.47 Å². The fourth-order valence-corrected chi connectivity index (χ4v) is 6.66. The summed E-state index contributed by atoms with van der Waals surface area (Å²) in [6.07, 6.45) is 11.3. The van der Waals surface area contributed by atoms with Crippen molar-refractivity contribution in [2.75, 3.05) is 37.2 Å². The Morgan fingerprint density at radius 3 is 1.52 bits per heavy atom. The highest BCUT2D eigenvalue weighted by atomic mass is 32.2. The van der Waals surface area contributed by atoms with Crippen LogP contribution in [0.3, 0.4) is 0 Å². The Balaban J connectivity index is 1.35. The first-order valence-electron chi connectivity index (χ1n) is 13.5. The Kier molecular flexibility index (Phi) is 11.7. The highest BCUT2D eigenvalue weighted by molar-refractivity contribution is 8.00. The van der Waals surface area contributed by atoms with Crippen LogP contribution in [0.15, 0.2) is 79.4 Å². The van der Waals surface area contributed by atoms with Crippen LogP contribution in [0.5, 0.6) is 11.5 Å². The number of hydrogen-bond acceptors (Lipinski definition) is 12. The Morgan fingerprint density at radius 1 is 0.619 bits per heavy atom. The zero-order valence-electron chi connectivity index (χ0n) is 23.5. The molecule has 0 fully saturated rings. The van der Waals surface area contributed by atoms with E-state index < -0.39 is 0 Å². The van der Waals surface area contributed by atoms with E-state index in [1.54, 1.807) is 32.9 Å². The van der Waals surface area contributed by atoms with Gasteiger partial charge in [-0.2, -0.15) is 19.6 Å². The fourth-order valence-electron chi connectivity index (χ4n) is 3.91. The number of benzene rings is 2. The molecule has 14 heteroatoms. The van der Waals surface area contributed by atoms with Gasteiger partial charge in [-0.3, -0.25) is 0 Å². The van der Waals surface area contributed by atoms with Gasteiger partial charge in [-0.25, -0.2) is 0 Å². The molecule has 0 N–H and O–H groups in total. The maximum atomic E-state index is 6.13.